The zero-order valence-electron chi connectivity index (χ0n) is 11.1. The topological polar surface area (TPSA) is 93.1 Å². The van der Waals surface area contributed by atoms with Gasteiger partial charge in [0, 0.05) is 31.8 Å². The Morgan fingerprint density at radius 3 is 3.00 bits per heavy atom. The summed E-state index contributed by atoms with van der Waals surface area (Å²) >= 11 is 0. The van der Waals surface area contributed by atoms with Crippen LogP contribution in [0.4, 0.5) is 5.69 Å². The van der Waals surface area contributed by atoms with Crippen LogP contribution in [0.2, 0.25) is 0 Å². The third-order valence-corrected chi connectivity index (χ3v) is 2.89. The van der Waals surface area contributed by atoms with Gasteiger partial charge in [0.1, 0.15) is 0 Å². The summed E-state index contributed by atoms with van der Waals surface area (Å²) in [5.41, 5.74) is 2.16. The average Bonchev–Trinajstić information content (AvgIpc) is 2.92. The van der Waals surface area contributed by atoms with Crippen molar-refractivity contribution < 1.29 is 9.66 Å². The number of H-pyrrole nitrogens is 1. The number of ether oxygens (including phenoxy) is 1. The van der Waals surface area contributed by atoms with E-state index >= 15 is 0 Å². The fourth-order valence-corrected chi connectivity index (χ4v) is 1.92. The lowest BCUT2D eigenvalue weighted by molar-refractivity contribution is -0.384. The van der Waals surface area contributed by atoms with Crippen molar-refractivity contribution in [1.82, 2.24) is 15.5 Å². The number of nitrogens with zero attached hydrogens (tertiary/aromatic N) is 2. The van der Waals surface area contributed by atoms with E-state index in [2.05, 4.69) is 15.5 Å². The highest BCUT2D eigenvalue weighted by atomic mass is 16.6. The molecule has 0 saturated heterocycles. The summed E-state index contributed by atoms with van der Waals surface area (Å²) in [5, 5.41) is 21.1. The summed E-state index contributed by atoms with van der Waals surface area (Å²) in [6.07, 6.45) is 1.67. The average molecular weight is 276 g/mol. The van der Waals surface area contributed by atoms with Crippen LogP contribution in [0.3, 0.4) is 0 Å². The second-order valence-electron chi connectivity index (χ2n) is 4.21. The van der Waals surface area contributed by atoms with E-state index in [-0.39, 0.29) is 5.69 Å². The minimum absolute atomic E-state index is 0.0647. The van der Waals surface area contributed by atoms with E-state index in [1.807, 2.05) is 0 Å². The molecule has 1 aromatic carbocycles. The van der Waals surface area contributed by atoms with Gasteiger partial charge >= 0.3 is 0 Å². The van der Waals surface area contributed by atoms with Gasteiger partial charge in [-0.3, -0.25) is 15.2 Å². The van der Waals surface area contributed by atoms with Crippen molar-refractivity contribution in [3.63, 3.8) is 0 Å². The Morgan fingerprint density at radius 1 is 1.45 bits per heavy atom. The Hall–Kier alpha value is -2.25. The Balaban J connectivity index is 2.21. The summed E-state index contributed by atoms with van der Waals surface area (Å²) < 4.78 is 4.95. The molecule has 0 bridgehead atoms. The van der Waals surface area contributed by atoms with Crippen LogP contribution in [0.25, 0.3) is 11.3 Å². The SMILES string of the molecule is COCCNCc1cn[nH]c1-c1ccccc1[N+](=O)[O-]. The molecule has 7 nitrogen and oxygen atoms in total. The molecule has 0 spiro atoms. The van der Waals surface area contributed by atoms with E-state index in [9.17, 15) is 10.1 Å². The third-order valence-electron chi connectivity index (χ3n) is 2.89. The molecule has 20 heavy (non-hydrogen) atoms. The number of aromatic nitrogens is 2. The molecule has 0 aliphatic heterocycles. The van der Waals surface area contributed by atoms with E-state index < -0.39 is 4.92 Å². The van der Waals surface area contributed by atoms with Crippen LogP contribution in [0.15, 0.2) is 30.5 Å². The van der Waals surface area contributed by atoms with Gasteiger partial charge in [-0.15, -0.1) is 0 Å². The van der Waals surface area contributed by atoms with Crippen LogP contribution < -0.4 is 5.32 Å². The predicted molar refractivity (Wildman–Crippen MR) is 74.3 cm³/mol. The van der Waals surface area contributed by atoms with E-state index in [1.165, 1.54) is 6.07 Å². The third kappa shape index (κ3) is 3.19. The van der Waals surface area contributed by atoms with Gasteiger partial charge in [-0.2, -0.15) is 5.10 Å². The Labute approximate surface area is 116 Å². The lowest BCUT2D eigenvalue weighted by atomic mass is 10.1. The fraction of sp³-hybridized carbons (Fsp3) is 0.308. The summed E-state index contributed by atoms with van der Waals surface area (Å²) in [6, 6.07) is 6.61. The molecule has 0 fully saturated rings. The Morgan fingerprint density at radius 2 is 2.25 bits per heavy atom. The van der Waals surface area contributed by atoms with E-state index in [4.69, 9.17) is 4.74 Å². The van der Waals surface area contributed by atoms with Crippen molar-refractivity contribution in [1.29, 1.82) is 0 Å². The van der Waals surface area contributed by atoms with Crippen molar-refractivity contribution in [3.8, 4) is 11.3 Å². The van der Waals surface area contributed by atoms with Crippen LogP contribution in [-0.4, -0.2) is 35.4 Å². The lowest BCUT2D eigenvalue weighted by Crippen LogP contribution is -2.18. The first-order valence-corrected chi connectivity index (χ1v) is 6.19. The van der Waals surface area contributed by atoms with Crippen molar-refractivity contribution in [3.05, 3.63) is 46.1 Å². The highest BCUT2D eigenvalue weighted by Crippen LogP contribution is 2.30. The molecule has 2 rings (SSSR count). The molecular weight excluding hydrogens is 260 g/mol. The normalized spacial score (nSPS) is 10.7. The molecule has 0 aliphatic rings. The van der Waals surface area contributed by atoms with Crippen LogP contribution in [0.1, 0.15) is 5.56 Å². The van der Waals surface area contributed by atoms with Gasteiger partial charge in [0.05, 0.1) is 29.0 Å². The molecule has 0 amide bonds. The zero-order valence-corrected chi connectivity index (χ0v) is 11.1. The molecule has 7 heteroatoms. The number of nitro groups is 1. The number of methoxy groups -OCH3 is 1. The highest BCUT2D eigenvalue weighted by molar-refractivity contribution is 5.72. The van der Waals surface area contributed by atoms with Gasteiger partial charge in [0.2, 0.25) is 0 Å². The standard InChI is InChI=1S/C13H16N4O3/c1-20-7-6-14-8-10-9-15-16-13(10)11-4-2-3-5-12(11)17(18)19/h2-5,9,14H,6-8H2,1H3,(H,15,16). The number of aromatic amines is 1. The molecule has 0 atom stereocenters. The van der Waals surface area contributed by atoms with E-state index in [0.717, 1.165) is 5.56 Å². The fourth-order valence-electron chi connectivity index (χ4n) is 1.92. The molecule has 1 aromatic heterocycles. The zero-order chi connectivity index (χ0) is 14.4. The van der Waals surface area contributed by atoms with Crippen LogP contribution in [-0.2, 0) is 11.3 Å². The van der Waals surface area contributed by atoms with Crippen LogP contribution in [0.5, 0.6) is 0 Å². The van der Waals surface area contributed by atoms with Crippen molar-refractivity contribution in [2.45, 2.75) is 6.54 Å². The molecule has 0 radical (unpaired) electrons. The summed E-state index contributed by atoms with van der Waals surface area (Å²) in [6.45, 7) is 1.89. The number of rotatable bonds is 7. The van der Waals surface area contributed by atoms with Gasteiger partial charge in [-0.25, -0.2) is 0 Å². The number of hydrogen-bond acceptors (Lipinski definition) is 5. The number of nitrogens with one attached hydrogen (secondary N) is 2. The molecule has 0 unspecified atom stereocenters. The van der Waals surface area contributed by atoms with Crippen LogP contribution >= 0.6 is 0 Å². The van der Waals surface area contributed by atoms with Gasteiger partial charge in [-0.05, 0) is 6.07 Å². The van der Waals surface area contributed by atoms with E-state index in [0.29, 0.717) is 31.0 Å². The molecule has 2 aromatic rings. The van der Waals surface area contributed by atoms with Crippen LogP contribution in [0, 0.1) is 10.1 Å². The minimum Gasteiger partial charge on any atom is -0.383 e. The van der Waals surface area contributed by atoms with Crippen molar-refractivity contribution in [2.75, 3.05) is 20.3 Å². The first-order chi connectivity index (χ1) is 9.74. The molecule has 0 aliphatic carbocycles. The second-order valence-corrected chi connectivity index (χ2v) is 4.21. The first-order valence-electron chi connectivity index (χ1n) is 6.19. The second kappa shape index (κ2) is 6.78. The summed E-state index contributed by atoms with van der Waals surface area (Å²) in [5.74, 6) is 0. The predicted octanol–water partition coefficient (Wildman–Crippen LogP) is 1.72. The quantitative estimate of drug-likeness (QED) is 0.456. The summed E-state index contributed by atoms with van der Waals surface area (Å²) in [7, 11) is 1.64. The number of nitro benzene ring substituents is 1. The number of benzene rings is 1. The lowest BCUT2D eigenvalue weighted by Gasteiger charge is -2.06. The monoisotopic (exact) mass is 276 g/mol. The Bertz CT molecular complexity index is 583. The number of para-hydroxylation sites is 1. The molecular formula is C13H16N4O3. The molecule has 1 heterocycles. The van der Waals surface area contributed by atoms with Crippen molar-refractivity contribution >= 4 is 5.69 Å². The maximum absolute atomic E-state index is 11.1. The van der Waals surface area contributed by atoms with E-state index in [1.54, 1.807) is 31.5 Å². The largest absolute Gasteiger partial charge is 0.383 e. The minimum atomic E-state index is -0.391. The first kappa shape index (κ1) is 14.2. The highest BCUT2D eigenvalue weighted by Gasteiger charge is 2.18. The molecule has 0 saturated carbocycles. The molecule has 2 N–H and O–H groups in total. The molecule has 106 valence electrons. The van der Waals surface area contributed by atoms with Gasteiger partial charge < -0.3 is 10.1 Å². The maximum atomic E-state index is 11.1. The summed E-state index contributed by atoms with van der Waals surface area (Å²) in [4.78, 5) is 10.7. The Kier molecular flexibility index (Phi) is 4.80. The van der Waals surface area contributed by atoms with Gasteiger partial charge in [0.25, 0.3) is 5.69 Å². The smallest absolute Gasteiger partial charge is 0.278 e. The number of hydrogen-bond donors (Lipinski definition) is 2. The maximum Gasteiger partial charge on any atom is 0.278 e. The van der Waals surface area contributed by atoms with Crippen molar-refractivity contribution in [2.24, 2.45) is 0 Å². The van der Waals surface area contributed by atoms with Gasteiger partial charge in [0.15, 0.2) is 0 Å². The van der Waals surface area contributed by atoms with Gasteiger partial charge in [-0.1, -0.05) is 12.1 Å².